The first-order valence-electron chi connectivity index (χ1n) is 4.64. The van der Waals surface area contributed by atoms with Crippen LogP contribution < -0.4 is 10.2 Å². The minimum absolute atomic E-state index is 0.000188. The summed E-state index contributed by atoms with van der Waals surface area (Å²) in [5.74, 6) is 0.318. The lowest BCUT2D eigenvalue weighted by atomic mass is 9.81. The van der Waals surface area contributed by atoms with Crippen molar-refractivity contribution < 1.29 is 19.9 Å². The van der Waals surface area contributed by atoms with E-state index in [0.717, 1.165) is 0 Å². The maximum Gasteiger partial charge on any atom is 0.490 e. The molecule has 1 aromatic heterocycles. The van der Waals surface area contributed by atoms with Crippen molar-refractivity contribution in [3.8, 4) is 11.5 Å². The highest BCUT2D eigenvalue weighted by atomic mass is 16.5. The first kappa shape index (κ1) is 10.7. The fraction of sp³-hybridized carbons (Fsp3) is 0.100. The molecule has 0 saturated carbocycles. The molecule has 0 spiro atoms. The average Bonchev–Trinajstić information content (AvgIpc) is 2.27. The molecule has 0 atom stereocenters. The largest absolute Gasteiger partial charge is 0.504 e. The van der Waals surface area contributed by atoms with E-state index in [1.165, 1.54) is 19.4 Å². The van der Waals surface area contributed by atoms with Crippen molar-refractivity contribution in [3.05, 3.63) is 24.4 Å². The molecule has 2 rings (SSSR count). The predicted molar refractivity (Wildman–Crippen MR) is 59.8 cm³/mol. The zero-order valence-corrected chi connectivity index (χ0v) is 8.58. The van der Waals surface area contributed by atoms with E-state index in [9.17, 15) is 5.11 Å². The van der Waals surface area contributed by atoms with Crippen LogP contribution in [0.4, 0.5) is 0 Å². The second-order valence-corrected chi connectivity index (χ2v) is 3.36. The van der Waals surface area contributed by atoms with Gasteiger partial charge < -0.3 is 19.9 Å². The second-order valence-electron chi connectivity index (χ2n) is 3.36. The Balaban J connectivity index is 2.63. The number of rotatable bonds is 2. The lowest BCUT2D eigenvalue weighted by molar-refractivity contribution is 0.374. The van der Waals surface area contributed by atoms with Gasteiger partial charge in [-0.15, -0.1) is 0 Å². The van der Waals surface area contributed by atoms with Gasteiger partial charge in [0.1, 0.15) is 0 Å². The number of pyridine rings is 1. The Morgan fingerprint density at radius 2 is 2.00 bits per heavy atom. The van der Waals surface area contributed by atoms with E-state index in [1.807, 2.05) is 0 Å². The zero-order valence-electron chi connectivity index (χ0n) is 8.58. The molecule has 1 heterocycles. The molecule has 0 amide bonds. The number of fused-ring (bicyclic) bond motifs is 1. The van der Waals surface area contributed by atoms with Crippen LogP contribution in [0.5, 0.6) is 11.5 Å². The quantitative estimate of drug-likeness (QED) is 0.600. The van der Waals surface area contributed by atoms with E-state index < -0.39 is 7.12 Å². The van der Waals surface area contributed by atoms with Crippen molar-refractivity contribution >= 4 is 23.5 Å². The summed E-state index contributed by atoms with van der Waals surface area (Å²) < 4.78 is 4.95. The van der Waals surface area contributed by atoms with Crippen LogP contribution in [-0.4, -0.2) is 34.4 Å². The van der Waals surface area contributed by atoms with E-state index >= 15 is 0 Å². The van der Waals surface area contributed by atoms with Crippen LogP contribution >= 0.6 is 0 Å². The normalized spacial score (nSPS) is 10.4. The predicted octanol–water partition coefficient (Wildman–Crippen LogP) is -0.371. The second kappa shape index (κ2) is 4.00. The number of hydrogen-bond acceptors (Lipinski definition) is 5. The fourth-order valence-electron chi connectivity index (χ4n) is 1.47. The van der Waals surface area contributed by atoms with E-state index in [-0.39, 0.29) is 5.75 Å². The summed E-state index contributed by atoms with van der Waals surface area (Å²) in [6.07, 6.45) is 1.35. The van der Waals surface area contributed by atoms with Crippen LogP contribution in [0.3, 0.4) is 0 Å². The van der Waals surface area contributed by atoms with E-state index in [0.29, 0.717) is 22.1 Å². The van der Waals surface area contributed by atoms with Crippen molar-refractivity contribution in [2.75, 3.05) is 7.11 Å². The summed E-state index contributed by atoms with van der Waals surface area (Å²) in [4.78, 5) is 4.00. The van der Waals surface area contributed by atoms with Crippen molar-refractivity contribution in [3.63, 3.8) is 0 Å². The molecule has 0 unspecified atom stereocenters. The summed E-state index contributed by atoms with van der Waals surface area (Å²) in [5.41, 5.74) is 0.850. The van der Waals surface area contributed by atoms with Gasteiger partial charge in [0.15, 0.2) is 11.5 Å². The van der Waals surface area contributed by atoms with Crippen molar-refractivity contribution in [1.82, 2.24) is 4.98 Å². The minimum Gasteiger partial charge on any atom is -0.504 e. The van der Waals surface area contributed by atoms with Gasteiger partial charge in [-0.2, -0.15) is 0 Å². The van der Waals surface area contributed by atoms with Gasteiger partial charge in [0.25, 0.3) is 0 Å². The van der Waals surface area contributed by atoms with Gasteiger partial charge in [-0.3, -0.25) is 4.98 Å². The van der Waals surface area contributed by atoms with Crippen molar-refractivity contribution in [2.24, 2.45) is 0 Å². The van der Waals surface area contributed by atoms with Gasteiger partial charge in [0.05, 0.1) is 12.6 Å². The Kier molecular flexibility index (Phi) is 2.68. The highest BCUT2D eigenvalue weighted by Gasteiger charge is 2.13. The van der Waals surface area contributed by atoms with E-state index in [4.69, 9.17) is 14.8 Å². The van der Waals surface area contributed by atoms with E-state index in [1.54, 1.807) is 12.1 Å². The van der Waals surface area contributed by atoms with Crippen molar-refractivity contribution in [1.29, 1.82) is 0 Å². The lowest BCUT2D eigenvalue weighted by Crippen LogP contribution is -2.29. The van der Waals surface area contributed by atoms with Gasteiger partial charge in [0.2, 0.25) is 0 Å². The monoisotopic (exact) mass is 219 g/mol. The number of nitrogens with zero attached hydrogens (tertiary/aromatic N) is 1. The topological polar surface area (TPSA) is 82.8 Å². The highest BCUT2D eigenvalue weighted by molar-refractivity contribution is 6.58. The molecule has 6 heteroatoms. The molecule has 0 aliphatic heterocycles. The third-order valence-electron chi connectivity index (χ3n) is 2.30. The maximum absolute atomic E-state index is 9.52. The van der Waals surface area contributed by atoms with Crippen LogP contribution in [0.2, 0.25) is 0 Å². The van der Waals surface area contributed by atoms with Crippen LogP contribution in [0.15, 0.2) is 24.4 Å². The Morgan fingerprint density at radius 1 is 1.25 bits per heavy atom. The number of phenolic OH excluding ortho intramolecular Hbond substituents is 1. The summed E-state index contributed by atoms with van der Waals surface area (Å²) in [7, 11) is -0.115. The summed E-state index contributed by atoms with van der Waals surface area (Å²) in [5, 5.41) is 28.2. The first-order chi connectivity index (χ1) is 7.61. The summed E-state index contributed by atoms with van der Waals surface area (Å²) in [6.45, 7) is 0. The molecule has 1 aromatic carbocycles. The molecule has 0 saturated heterocycles. The molecule has 3 N–H and O–H groups in total. The number of aromatic hydroxyl groups is 1. The Labute approximate surface area is 92.1 Å². The third kappa shape index (κ3) is 1.80. The Hall–Kier alpha value is -1.79. The molecule has 16 heavy (non-hydrogen) atoms. The van der Waals surface area contributed by atoms with Gasteiger partial charge in [-0.1, -0.05) is 6.07 Å². The molecule has 0 radical (unpaired) electrons. The van der Waals surface area contributed by atoms with Crippen LogP contribution in [0.25, 0.3) is 10.9 Å². The molecule has 0 bridgehead atoms. The average molecular weight is 219 g/mol. The van der Waals surface area contributed by atoms with Crippen LogP contribution in [-0.2, 0) is 0 Å². The van der Waals surface area contributed by atoms with Gasteiger partial charge in [-0.25, -0.2) is 0 Å². The SMILES string of the molecule is COc1cc2cc(B(O)O)cnc2cc1O. The fourth-order valence-corrected chi connectivity index (χ4v) is 1.47. The minimum atomic E-state index is -1.56. The molecule has 0 aliphatic carbocycles. The third-order valence-corrected chi connectivity index (χ3v) is 2.30. The molecular weight excluding hydrogens is 209 g/mol. The lowest BCUT2D eigenvalue weighted by Gasteiger charge is -2.06. The molecule has 0 fully saturated rings. The number of hydrogen-bond donors (Lipinski definition) is 3. The van der Waals surface area contributed by atoms with E-state index in [2.05, 4.69) is 4.98 Å². The number of ether oxygens (including phenoxy) is 1. The Morgan fingerprint density at radius 3 is 2.62 bits per heavy atom. The van der Waals surface area contributed by atoms with Crippen LogP contribution in [0, 0.1) is 0 Å². The van der Waals surface area contributed by atoms with Gasteiger partial charge in [0, 0.05) is 23.1 Å². The molecule has 0 aliphatic rings. The number of methoxy groups -OCH3 is 1. The number of aromatic nitrogens is 1. The molecule has 2 aromatic rings. The summed E-state index contributed by atoms with van der Waals surface area (Å²) in [6, 6.07) is 4.63. The smallest absolute Gasteiger partial charge is 0.490 e. The number of benzene rings is 1. The molecule has 5 nitrogen and oxygen atoms in total. The maximum atomic E-state index is 9.52. The van der Waals surface area contributed by atoms with Gasteiger partial charge >= 0.3 is 7.12 Å². The highest BCUT2D eigenvalue weighted by Crippen LogP contribution is 2.29. The van der Waals surface area contributed by atoms with Crippen LogP contribution in [0.1, 0.15) is 0 Å². The standard InChI is InChI=1S/C10H10BNO4/c1-16-10-3-6-2-7(11(14)15)5-12-8(6)4-9(10)13/h2-5,13-15H,1H3. The van der Waals surface area contributed by atoms with Gasteiger partial charge in [-0.05, 0) is 6.07 Å². The number of phenols is 1. The first-order valence-corrected chi connectivity index (χ1v) is 4.64. The van der Waals surface area contributed by atoms with Crippen molar-refractivity contribution in [2.45, 2.75) is 0 Å². The molecular formula is C10H10BNO4. The molecule has 82 valence electrons. The summed E-state index contributed by atoms with van der Waals surface area (Å²) >= 11 is 0. The zero-order chi connectivity index (χ0) is 11.7. The Bertz CT molecular complexity index is 529.